The predicted octanol–water partition coefficient (Wildman–Crippen LogP) is 20.0. The Bertz CT molecular complexity index is 1510. The van der Waals surface area contributed by atoms with Gasteiger partial charge in [0, 0.05) is 6.42 Å². The van der Waals surface area contributed by atoms with Crippen LogP contribution in [0, 0.1) is 0 Å². The summed E-state index contributed by atoms with van der Waals surface area (Å²) in [6.07, 6.45) is 81.4. The van der Waals surface area contributed by atoms with Crippen molar-refractivity contribution in [1.29, 1.82) is 0 Å². The number of carbonyl (C=O) groups is 1. The van der Waals surface area contributed by atoms with Crippen molar-refractivity contribution in [2.75, 3.05) is 40.9 Å². The Morgan fingerprint density at radius 1 is 0.461 bits per heavy atom. The Kier molecular flexibility index (Phi) is 55.6. The van der Waals surface area contributed by atoms with Gasteiger partial charge in [-0.2, -0.15) is 0 Å². The van der Waals surface area contributed by atoms with E-state index in [-0.39, 0.29) is 19.1 Å². The first-order chi connectivity index (χ1) is 37.0. The molecule has 0 aromatic carbocycles. The molecule has 442 valence electrons. The van der Waals surface area contributed by atoms with Crippen molar-refractivity contribution in [3.8, 4) is 0 Å². The van der Waals surface area contributed by atoms with Crippen LogP contribution in [0.1, 0.15) is 284 Å². The zero-order valence-electron chi connectivity index (χ0n) is 50.5. The van der Waals surface area contributed by atoms with E-state index in [9.17, 15) is 19.4 Å². The summed E-state index contributed by atoms with van der Waals surface area (Å²) in [6, 6.07) is -0.874. The molecule has 8 nitrogen and oxygen atoms in total. The van der Waals surface area contributed by atoms with Crippen LogP contribution in [-0.4, -0.2) is 73.4 Å². The van der Waals surface area contributed by atoms with Crippen LogP contribution in [0.25, 0.3) is 0 Å². The topological polar surface area (TPSA) is 105 Å². The number of hydrogen-bond donors (Lipinski definition) is 3. The standard InChI is InChI=1S/C67H123N2O6P/c1-6-8-10-12-14-16-18-20-22-24-26-28-30-31-32-33-34-35-36-37-39-41-43-45-47-49-51-53-55-57-59-61-67(71)68-65(64-75-76(72,73)74-63-62-69(3,4)5)66(70)60-58-56-54-52-50-48-46-44-42-40-38-29-27-25-23-21-19-17-15-13-11-9-7-2/h8,10,14,16,20,22,26,28,42,44,50,52,58,60,65-66,70H,6-7,9,11-13,15,17-19,21,23-25,27,29-41,43,45-49,51,53-57,59,61-64H2,1-5H3,(H-,68,71,72,73)/p+1/b10-8-,16-14-,22-20-,28-26-,44-42+,52-50+,60-58+. The van der Waals surface area contributed by atoms with Crippen molar-refractivity contribution >= 4 is 13.7 Å². The van der Waals surface area contributed by atoms with E-state index in [0.29, 0.717) is 17.4 Å². The highest BCUT2D eigenvalue weighted by atomic mass is 31.2. The zero-order valence-corrected chi connectivity index (χ0v) is 51.4. The van der Waals surface area contributed by atoms with Crippen molar-refractivity contribution in [2.24, 2.45) is 0 Å². The molecule has 1 amide bonds. The molecule has 0 aliphatic rings. The van der Waals surface area contributed by atoms with Gasteiger partial charge in [0.2, 0.25) is 5.91 Å². The SMILES string of the molecule is CC/C=C\C/C=C\C/C=C\C/C=C\CCCCCCCCCCCCCCCCCCCCC(=O)NC(COP(=O)(O)OCC[N+](C)(C)C)C(O)/C=C/CC/C=C/CC/C=C/CCCCCCCCCCCCCCC. The first kappa shape index (κ1) is 73.7. The van der Waals surface area contributed by atoms with Crippen LogP contribution in [0.5, 0.6) is 0 Å². The summed E-state index contributed by atoms with van der Waals surface area (Å²) in [4.78, 5) is 23.4. The summed E-state index contributed by atoms with van der Waals surface area (Å²) in [5, 5.41) is 13.9. The Labute approximate surface area is 471 Å². The van der Waals surface area contributed by atoms with E-state index in [1.54, 1.807) is 6.08 Å². The van der Waals surface area contributed by atoms with E-state index in [4.69, 9.17) is 9.05 Å². The predicted molar refractivity (Wildman–Crippen MR) is 332 cm³/mol. The fourth-order valence-corrected chi connectivity index (χ4v) is 9.86. The zero-order chi connectivity index (χ0) is 55.6. The highest BCUT2D eigenvalue weighted by Gasteiger charge is 2.27. The van der Waals surface area contributed by atoms with Gasteiger partial charge in [-0.3, -0.25) is 13.8 Å². The van der Waals surface area contributed by atoms with Crippen LogP contribution in [-0.2, 0) is 18.4 Å². The third kappa shape index (κ3) is 59.3. The molecular formula is C67H124N2O6P+. The normalized spacial score (nSPS) is 14.4. The lowest BCUT2D eigenvalue weighted by molar-refractivity contribution is -0.870. The molecule has 3 atom stereocenters. The number of likely N-dealkylation sites (N-methyl/N-ethyl adjacent to an activating group) is 1. The number of phosphoric acid groups is 1. The number of quaternary nitrogens is 1. The molecule has 0 fully saturated rings. The fourth-order valence-electron chi connectivity index (χ4n) is 9.13. The monoisotopic (exact) mass is 1080 g/mol. The molecule has 0 radical (unpaired) electrons. The molecule has 0 heterocycles. The van der Waals surface area contributed by atoms with E-state index in [1.165, 1.54) is 193 Å². The number of nitrogens with zero attached hydrogens (tertiary/aromatic N) is 1. The number of nitrogens with one attached hydrogen (secondary N) is 1. The quantitative estimate of drug-likeness (QED) is 0.0243. The van der Waals surface area contributed by atoms with Crippen LogP contribution in [0.4, 0.5) is 0 Å². The van der Waals surface area contributed by atoms with Crippen LogP contribution >= 0.6 is 7.82 Å². The highest BCUT2D eigenvalue weighted by molar-refractivity contribution is 7.47. The van der Waals surface area contributed by atoms with E-state index < -0.39 is 20.0 Å². The van der Waals surface area contributed by atoms with Crippen molar-refractivity contribution in [3.63, 3.8) is 0 Å². The van der Waals surface area contributed by atoms with Gasteiger partial charge in [0.1, 0.15) is 13.2 Å². The van der Waals surface area contributed by atoms with Crippen molar-refractivity contribution in [1.82, 2.24) is 5.32 Å². The van der Waals surface area contributed by atoms with Crippen molar-refractivity contribution in [3.05, 3.63) is 85.1 Å². The van der Waals surface area contributed by atoms with E-state index in [1.807, 2.05) is 27.2 Å². The molecule has 0 bridgehead atoms. The minimum atomic E-state index is -4.37. The molecular weight excluding hydrogens is 960 g/mol. The maximum Gasteiger partial charge on any atom is 0.472 e. The van der Waals surface area contributed by atoms with Gasteiger partial charge in [0.25, 0.3) is 0 Å². The Morgan fingerprint density at radius 3 is 1.21 bits per heavy atom. The summed E-state index contributed by atoms with van der Waals surface area (Å²) in [5.41, 5.74) is 0. The van der Waals surface area contributed by atoms with E-state index in [2.05, 4.69) is 92.1 Å². The number of amides is 1. The first-order valence-electron chi connectivity index (χ1n) is 32.0. The second-order valence-corrected chi connectivity index (χ2v) is 24.2. The summed E-state index contributed by atoms with van der Waals surface area (Å²) in [5.74, 6) is -0.190. The number of hydrogen-bond acceptors (Lipinski definition) is 5. The molecule has 0 saturated carbocycles. The smallest absolute Gasteiger partial charge is 0.387 e. The maximum absolute atomic E-state index is 13.0. The van der Waals surface area contributed by atoms with Gasteiger partial charge in [-0.25, -0.2) is 4.57 Å². The Hall–Kier alpha value is -2.32. The van der Waals surface area contributed by atoms with Gasteiger partial charge in [0.05, 0.1) is 39.9 Å². The average Bonchev–Trinajstić information content (AvgIpc) is 3.38. The lowest BCUT2D eigenvalue weighted by Crippen LogP contribution is -2.45. The molecule has 0 aliphatic heterocycles. The maximum atomic E-state index is 13.0. The average molecular weight is 1080 g/mol. The van der Waals surface area contributed by atoms with Crippen LogP contribution in [0.2, 0.25) is 0 Å². The van der Waals surface area contributed by atoms with Crippen LogP contribution in [0.3, 0.4) is 0 Å². The number of phosphoric ester groups is 1. The number of allylic oxidation sites excluding steroid dienone is 13. The van der Waals surface area contributed by atoms with Crippen molar-refractivity contribution < 1.29 is 32.9 Å². The summed E-state index contributed by atoms with van der Waals surface area (Å²) >= 11 is 0. The molecule has 3 unspecified atom stereocenters. The Balaban J connectivity index is 4.16. The second kappa shape index (κ2) is 57.4. The van der Waals surface area contributed by atoms with Gasteiger partial charge in [-0.1, -0.05) is 279 Å². The number of carbonyl (C=O) groups excluding carboxylic acids is 1. The van der Waals surface area contributed by atoms with Gasteiger partial charge >= 0.3 is 7.82 Å². The summed E-state index contributed by atoms with van der Waals surface area (Å²) in [7, 11) is 1.55. The molecule has 0 saturated heterocycles. The third-order valence-electron chi connectivity index (χ3n) is 14.1. The summed E-state index contributed by atoms with van der Waals surface area (Å²) in [6.45, 7) is 4.70. The number of aliphatic hydroxyl groups is 1. The van der Waals surface area contributed by atoms with Gasteiger partial charge in [-0.05, 0) is 83.5 Å². The molecule has 0 aliphatic carbocycles. The minimum Gasteiger partial charge on any atom is -0.387 e. The lowest BCUT2D eigenvalue weighted by atomic mass is 10.0. The van der Waals surface area contributed by atoms with Gasteiger partial charge < -0.3 is 19.8 Å². The molecule has 9 heteroatoms. The first-order valence-corrected chi connectivity index (χ1v) is 33.5. The Morgan fingerprint density at radius 2 is 0.803 bits per heavy atom. The second-order valence-electron chi connectivity index (χ2n) is 22.7. The fraction of sp³-hybridized carbons (Fsp3) is 0.776. The molecule has 0 spiro atoms. The third-order valence-corrected chi connectivity index (χ3v) is 15.1. The lowest BCUT2D eigenvalue weighted by Gasteiger charge is -2.25. The number of aliphatic hydroxyl groups excluding tert-OH is 1. The number of unbranched alkanes of at least 4 members (excludes halogenated alkanes) is 33. The molecule has 3 N–H and O–H groups in total. The van der Waals surface area contributed by atoms with Gasteiger partial charge in [-0.15, -0.1) is 0 Å². The number of rotatable bonds is 58. The molecule has 76 heavy (non-hydrogen) atoms. The minimum absolute atomic E-state index is 0.0518. The largest absolute Gasteiger partial charge is 0.472 e. The van der Waals surface area contributed by atoms with Crippen LogP contribution < -0.4 is 5.32 Å². The van der Waals surface area contributed by atoms with Crippen LogP contribution in [0.15, 0.2) is 85.1 Å². The highest BCUT2D eigenvalue weighted by Crippen LogP contribution is 2.43. The molecule has 0 rings (SSSR count). The van der Waals surface area contributed by atoms with Gasteiger partial charge in [0.15, 0.2) is 0 Å². The van der Waals surface area contributed by atoms with E-state index in [0.717, 1.165) is 70.6 Å². The van der Waals surface area contributed by atoms with E-state index >= 15 is 0 Å². The van der Waals surface area contributed by atoms with Crippen molar-refractivity contribution in [2.45, 2.75) is 296 Å². The summed E-state index contributed by atoms with van der Waals surface area (Å²) < 4.78 is 23.7. The molecule has 0 aromatic rings. The molecule has 0 aromatic heterocycles.